The van der Waals surface area contributed by atoms with Gasteiger partial charge in [-0.15, -0.1) is 0 Å². The summed E-state index contributed by atoms with van der Waals surface area (Å²) in [4.78, 5) is 12.1. The molecule has 6 heteroatoms. The highest BCUT2D eigenvalue weighted by Gasteiger charge is 2.31. The van der Waals surface area contributed by atoms with E-state index in [1.807, 2.05) is 12.1 Å². The molecule has 0 radical (unpaired) electrons. The Kier molecular flexibility index (Phi) is 4.68. The average Bonchev–Trinajstić information content (AvgIpc) is 3.19. The van der Waals surface area contributed by atoms with Crippen LogP contribution in [0.1, 0.15) is 19.3 Å². The molecule has 1 fully saturated rings. The maximum absolute atomic E-state index is 12.1. The second-order valence-electron chi connectivity index (χ2n) is 5.69. The van der Waals surface area contributed by atoms with Crippen molar-refractivity contribution in [1.29, 1.82) is 0 Å². The van der Waals surface area contributed by atoms with Crippen molar-refractivity contribution in [2.75, 3.05) is 26.5 Å². The highest BCUT2D eigenvalue weighted by molar-refractivity contribution is 5.79. The molecule has 2 atom stereocenters. The first-order chi connectivity index (χ1) is 10.8. The Labute approximate surface area is 129 Å². The van der Waals surface area contributed by atoms with Crippen LogP contribution in [0, 0.1) is 11.8 Å². The van der Waals surface area contributed by atoms with E-state index in [0.717, 1.165) is 25.0 Å². The zero-order chi connectivity index (χ0) is 15.4. The second-order valence-corrected chi connectivity index (χ2v) is 5.69. The average molecular weight is 306 g/mol. The third kappa shape index (κ3) is 3.27. The van der Waals surface area contributed by atoms with Crippen LogP contribution in [0.15, 0.2) is 18.2 Å². The van der Waals surface area contributed by atoms with Crippen LogP contribution in [0.4, 0.5) is 0 Å². The third-order valence-corrected chi connectivity index (χ3v) is 4.31. The monoisotopic (exact) mass is 306 g/mol. The zero-order valence-electron chi connectivity index (χ0n) is 12.5. The molecule has 1 saturated carbocycles. The summed E-state index contributed by atoms with van der Waals surface area (Å²) in [6.07, 6.45) is 3.09. The molecule has 22 heavy (non-hydrogen) atoms. The summed E-state index contributed by atoms with van der Waals surface area (Å²) in [6.45, 7) is 1.75. The van der Waals surface area contributed by atoms with Gasteiger partial charge in [0.15, 0.2) is 11.5 Å². The number of rotatable bonds is 6. The lowest BCUT2D eigenvalue weighted by Gasteiger charge is -2.17. The molecular formula is C16H22N2O4. The second kappa shape index (κ2) is 6.87. The van der Waals surface area contributed by atoms with Gasteiger partial charge in [0.25, 0.3) is 0 Å². The molecule has 1 aromatic rings. The third-order valence-electron chi connectivity index (χ3n) is 4.31. The van der Waals surface area contributed by atoms with Gasteiger partial charge in [0.1, 0.15) is 12.4 Å². The van der Waals surface area contributed by atoms with E-state index in [1.54, 1.807) is 6.07 Å². The Morgan fingerprint density at radius 2 is 2.18 bits per heavy atom. The van der Waals surface area contributed by atoms with Gasteiger partial charge < -0.3 is 25.3 Å². The number of fused-ring (bicyclic) bond motifs is 1. The molecule has 6 nitrogen and oxygen atoms in total. The lowest BCUT2D eigenvalue weighted by molar-refractivity contribution is -0.126. The SMILES string of the molecule is NC[C@H]1CCC[C@H]1C(=O)NCCOc1ccc2c(c1)OCO2. The highest BCUT2D eigenvalue weighted by atomic mass is 16.7. The van der Waals surface area contributed by atoms with E-state index < -0.39 is 0 Å². The number of amides is 1. The number of nitrogens with two attached hydrogens (primary N) is 1. The lowest BCUT2D eigenvalue weighted by atomic mass is 9.95. The summed E-state index contributed by atoms with van der Waals surface area (Å²) < 4.78 is 16.2. The van der Waals surface area contributed by atoms with E-state index in [0.29, 0.717) is 37.1 Å². The van der Waals surface area contributed by atoms with Gasteiger partial charge in [-0.3, -0.25) is 4.79 Å². The Bertz CT molecular complexity index is 535. The number of carbonyl (C=O) groups is 1. The molecule has 2 aliphatic rings. The normalized spacial score (nSPS) is 22.6. The van der Waals surface area contributed by atoms with Gasteiger partial charge in [-0.25, -0.2) is 0 Å². The van der Waals surface area contributed by atoms with Crippen molar-refractivity contribution in [3.05, 3.63) is 18.2 Å². The smallest absolute Gasteiger partial charge is 0.231 e. The van der Waals surface area contributed by atoms with E-state index >= 15 is 0 Å². The summed E-state index contributed by atoms with van der Waals surface area (Å²) in [5.41, 5.74) is 5.71. The molecule has 1 aliphatic heterocycles. The molecule has 0 aromatic heterocycles. The standard InChI is InChI=1S/C16H22N2O4/c17-9-11-2-1-3-13(11)16(19)18-6-7-20-12-4-5-14-15(8-12)22-10-21-14/h4-5,8,11,13H,1-3,6-7,9-10,17H2,(H,18,19)/t11-,13-/m1/s1. The molecule has 1 aromatic carbocycles. The molecule has 0 spiro atoms. The van der Waals surface area contributed by atoms with Gasteiger partial charge in [0, 0.05) is 12.0 Å². The predicted molar refractivity (Wildman–Crippen MR) is 81.0 cm³/mol. The van der Waals surface area contributed by atoms with Crippen molar-refractivity contribution in [1.82, 2.24) is 5.32 Å². The minimum atomic E-state index is 0.0653. The Morgan fingerprint density at radius 1 is 1.32 bits per heavy atom. The number of benzene rings is 1. The van der Waals surface area contributed by atoms with Crippen LogP contribution in [0.2, 0.25) is 0 Å². The van der Waals surface area contributed by atoms with Crippen LogP contribution in [0.25, 0.3) is 0 Å². The molecule has 1 amide bonds. The van der Waals surface area contributed by atoms with Crippen LogP contribution in [0.3, 0.4) is 0 Å². The molecule has 3 N–H and O–H groups in total. The zero-order valence-corrected chi connectivity index (χ0v) is 12.5. The van der Waals surface area contributed by atoms with Crippen LogP contribution < -0.4 is 25.3 Å². The highest BCUT2D eigenvalue weighted by Crippen LogP contribution is 2.35. The maximum atomic E-state index is 12.1. The summed E-state index contributed by atoms with van der Waals surface area (Å²) in [6, 6.07) is 5.45. The van der Waals surface area contributed by atoms with Crippen molar-refractivity contribution >= 4 is 5.91 Å². The minimum absolute atomic E-state index is 0.0653. The van der Waals surface area contributed by atoms with E-state index in [-0.39, 0.29) is 18.6 Å². The molecular weight excluding hydrogens is 284 g/mol. The van der Waals surface area contributed by atoms with Crippen LogP contribution in [-0.2, 0) is 4.79 Å². The van der Waals surface area contributed by atoms with Gasteiger partial charge in [-0.05, 0) is 37.4 Å². The summed E-state index contributed by atoms with van der Waals surface area (Å²) in [7, 11) is 0. The van der Waals surface area contributed by atoms with E-state index in [2.05, 4.69) is 5.32 Å². The first-order valence-electron chi connectivity index (χ1n) is 7.78. The van der Waals surface area contributed by atoms with Crippen molar-refractivity contribution in [2.24, 2.45) is 17.6 Å². The van der Waals surface area contributed by atoms with Gasteiger partial charge >= 0.3 is 0 Å². The Hall–Kier alpha value is -1.95. The number of carbonyl (C=O) groups excluding carboxylic acids is 1. The number of ether oxygens (including phenoxy) is 3. The van der Waals surface area contributed by atoms with Gasteiger partial charge in [-0.2, -0.15) is 0 Å². The largest absolute Gasteiger partial charge is 0.492 e. The molecule has 0 unspecified atom stereocenters. The minimum Gasteiger partial charge on any atom is -0.492 e. The quantitative estimate of drug-likeness (QED) is 0.774. The summed E-state index contributed by atoms with van der Waals surface area (Å²) >= 11 is 0. The van der Waals surface area contributed by atoms with Gasteiger partial charge in [0.2, 0.25) is 12.7 Å². The van der Waals surface area contributed by atoms with Crippen LogP contribution >= 0.6 is 0 Å². The van der Waals surface area contributed by atoms with Gasteiger partial charge in [0.05, 0.1) is 6.54 Å². The number of hydrogen-bond acceptors (Lipinski definition) is 5. The van der Waals surface area contributed by atoms with Crippen LogP contribution in [0.5, 0.6) is 17.2 Å². The van der Waals surface area contributed by atoms with E-state index in [4.69, 9.17) is 19.9 Å². The first-order valence-corrected chi connectivity index (χ1v) is 7.78. The van der Waals surface area contributed by atoms with Crippen molar-refractivity contribution in [3.8, 4) is 17.2 Å². The van der Waals surface area contributed by atoms with E-state index in [1.165, 1.54) is 0 Å². The fourth-order valence-corrected chi connectivity index (χ4v) is 3.10. The van der Waals surface area contributed by atoms with Crippen molar-refractivity contribution in [3.63, 3.8) is 0 Å². The number of nitrogens with one attached hydrogen (secondary N) is 1. The summed E-state index contributed by atoms with van der Waals surface area (Å²) in [5.74, 6) is 2.62. The van der Waals surface area contributed by atoms with Crippen LogP contribution in [-0.4, -0.2) is 32.4 Å². The summed E-state index contributed by atoms with van der Waals surface area (Å²) in [5, 5.41) is 2.94. The van der Waals surface area contributed by atoms with Crippen molar-refractivity contribution in [2.45, 2.75) is 19.3 Å². The Balaban J connectivity index is 1.41. The first kappa shape index (κ1) is 15.0. The Morgan fingerprint density at radius 3 is 3.05 bits per heavy atom. The molecule has 120 valence electrons. The fraction of sp³-hybridized carbons (Fsp3) is 0.562. The van der Waals surface area contributed by atoms with Crippen molar-refractivity contribution < 1.29 is 19.0 Å². The fourth-order valence-electron chi connectivity index (χ4n) is 3.10. The lowest BCUT2D eigenvalue weighted by Crippen LogP contribution is -2.37. The molecule has 3 rings (SSSR count). The molecule has 1 aliphatic carbocycles. The topological polar surface area (TPSA) is 82.8 Å². The molecule has 0 saturated heterocycles. The molecule has 0 bridgehead atoms. The predicted octanol–water partition coefficient (Wildman–Crippen LogP) is 1.29. The number of hydrogen-bond donors (Lipinski definition) is 2. The van der Waals surface area contributed by atoms with Gasteiger partial charge in [-0.1, -0.05) is 6.42 Å². The maximum Gasteiger partial charge on any atom is 0.231 e. The molecule has 1 heterocycles. The van der Waals surface area contributed by atoms with E-state index in [9.17, 15) is 4.79 Å².